The Morgan fingerprint density at radius 3 is 2.64 bits per heavy atom. The third-order valence-corrected chi connectivity index (χ3v) is 4.99. The van der Waals surface area contributed by atoms with E-state index >= 15 is 0 Å². The predicted octanol–water partition coefficient (Wildman–Crippen LogP) is 2.00. The van der Waals surface area contributed by atoms with E-state index in [0.717, 1.165) is 0 Å². The SMILES string of the molecule is Cc1cc(F)ccc1OC1(C(=O)O)CCN(C(=O)[C@@H]2CCOC2)CC1. The second kappa shape index (κ2) is 7.00. The normalized spacial score (nSPS) is 22.6. The summed E-state index contributed by atoms with van der Waals surface area (Å²) in [6.07, 6.45) is 1.10. The van der Waals surface area contributed by atoms with E-state index in [0.29, 0.717) is 44.0 Å². The van der Waals surface area contributed by atoms with Crippen molar-refractivity contribution in [2.45, 2.75) is 31.8 Å². The fourth-order valence-electron chi connectivity index (χ4n) is 3.37. The second-order valence-electron chi connectivity index (χ2n) is 6.70. The predicted molar refractivity (Wildman–Crippen MR) is 86.9 cm³/mol. The number of likely N-dealkylation sites (tertiary alicyclic amines) is 1. The molecule has 2 heterocycles. The number of carbonyl (C=O) groups is 2. The highest BCUT2D eigenvalue weighted by Gasteiger charge is 2.46. The van der Waals surface area contributed by atoms with Gasteiger partial charge in [-0.3, -0.25) is 4.79 Å². The maximum absolute atomic E-state index is 13.2. The van der Waals surface area contributed by atoms with Gasteiger partial charge in [0.1, 0.15) is 11.6 Å². The third-order valence-electron chi connectivity index (χ3n) is 4.99. The third kappa shape index (κ3) is 3.61. The van der Waals surface area contributed by atoms with Crippen molar-refractivity contribution in [3.63, 3.8) is 0 Å². The summed E-state index contributed by atoms with van der Waals surface area (Å²) in [6, 6.07) is 4.00. The van der Waals surface area contributed by atoms with Crippen LogP contribution in [0, 0.1) is 18.7 Å². The maximum atomic E-state index is 13.2. The first kappa shape index (κ1) is 17.7. The number of aryl methyl sites for hydroxylation is 1. The van der Waals surface area contributed by atoms with Gasteiger partial charge in [-0.15, -0.1) is 0 Å². The van der Waals surface area contributed by atoms with Gasteiger partial charge in [-0.1, -0.05) is 0 Å². The van der Waals surface area contributed by atoms with Gasteiger partial charge >= 0.3 is 5.97 Å². The van der Waals surface area contributed by atoms with Crippen LogP contribution in [0.5, 0.6) is 5.75 Å². The van der Waals surface area contributed by atoms with Crippen LogP contribution >= 0.6 is 0 Å². The number of ether oxygens (including phenoxy) is 2. The minimum atomic E-state index is -1.40. The van der Waals surface area contributed by atoms with Crippen LogP contribution < -0.4 is 4.74 Å². The van der Waals surface area contributed by atoms with E-state index in [2.05, 4.69) is 0 Å². The lowest BCUT2D eigenvalue weighted by atomic mass is 9.90. The summed E-state index contributed by atoms with van der Waals surface area (Å²) in [5, 5.41) is 9.71. The molecule has 2 aliphatic rings. The van der Waals surface area contributed by atoms with Gasteiger partial charge in [0, 0.05) is 32.5 Å². The molecule has 1 aromatic carbocycles. The average molecular weight is 351 g/mol. The van der Waals surface area contributed by atoms with Gasteiger partial charge in [-0.25, -0.2) is 9.18 Å². The second-order valence-corrected chi connectivity index (χ2v) is 6.70. The average Bonchev–Trinajstić information content (AvgIpc) is 3.12. The summed E-state index contributed by atoms with van der Waals surface area (Å²) < 4.78 is 24.3. The van der Waals surface area contributed by atoms with E-state index in [9.17, 15) is 19.1 Å². The Labute approximate surface area is 145 Å². The monoisotopic (exact) mass is 351 g/mol. The molecule has 1 amide bonds. The molecule has 0 radical (unpaired) electrons. The van der Waals surface area contributed by atoms with E-state index in [-0.39, 0.29) is 24.7 Å². The highest BCUT2D eigenvalue weighted by atomic mass is 19.1. The first-order valence-corrected chi connectivity index (χ1v) is 8.46. The zero-order valence-corrected chi connectivity index (χ0v) is 14.2. The highest BCUT2D eigenvalue weighted by molar-refractivity contribution is 5.81. The number of hydrogen-bond donors (Lipinski definition) is 1. The van der Waals surface area contributed by atoms with Gasteiger partial charge in [0.05, 0.1) is 12.5 Å². The van der Waals surface area contributed by atoms with Crippen LogP contribution in [0.1, 0.15) is 24.8 Å². The summed E-state index contributed by atoms with van der Waals surface area (Å²) in [4.78, 5) is 26.0. The summed E-state index contributed by atoms with van der Waals surface area (Å²) in [6.45, 7) is 3.34. The zero-order chi connectivity index (χ0) is 18.0. The smallest absolute Gasteiger partial charge is 0.348 e. The Morgan fingerprint density at radius 1 is 1.36 bits per heavy atom. The molecule has 3 rings (SSSR count). The summed E-state index contributed by atoms with van der Waals surface area (Å²) in [7, 11) is 0. The molecule has 136 valence electrons. The van der Waals surface area contributed by atoms with Crippen molar-refractivity contribution in [2.24, 2.45) is 5.92 Å². The molecule has 1 N–H and O–H groups in total. The first-order valence-electron chi connectivity index (χ1n) is 8.46. The van der Waals surface area contributed by atoms with Crippen LogP contribution in [-0.2, 0) is 14.3 Å². The molecule has 0 aliphatic carbocycles. The van der Waals surface area contributed by atoms with Crippen LogP contribution in [0.4, 0.5) is 4.39 Å². The Morgan fingerprint density at radius 2 is 2.08 bits per heavy atom. The maximum Gasteiger partial charge on any atom is 0.348 e. The Balaban J connectivity index is 1.70. The number of rotatable bonds is 4. The number of benzene rings is 1. The highest BCUT2D eigenvalue weighted by Crippen LogP contribution is 2.32. The quantitative estimate of drug-likeness (QED) is 0.898. The molecule has 7 heteroatoms. The Hall–Kier alpha value is -2.15. The van der Waals surface area contributed by atoms with Gasteiger partial charge < -0.3 is 19.5 Å². The molecule has 1 atom stereocenters. The number of aliphatic carboxylic acids is 1. The molecule has 0 spiro atoms. The van der Waals surface area contributed by atoms with Crippen molar-refractivity contribution >= 4 is 11.9 Å². The fraction of sp³-hybridized carbons (Fsp3) is 0.556. The van der Waals surface area contributed by atoms with Gasteiger partial charge in [-0.2, -0.15) is 0 Å². The first-order chi connectivity index (χ1) is 11.9. The van der Waals surface area contributed by atoms with Gasteiger partial charge in [-0.05, 0) is 37.1 Å². The van der Waals surface area contributed by atoms with Crippen molar-refractivity contribution in [3.05, 3.63) is 29.6 Å². The minimum absolute atomic E-state index is 0.0226. The van der Waals surface area contributed by atoms with E-state index in [1.165, 1.54) is 18.2 Å². The zero-order valence-electron chi connectivity index (χ0n) is 14.2. The van der Waals surface area contributed by atoms with E-state index in [4.69, 9.17) is 9.47 Å². The fourth-order valence-corrected chi connectivity index (χ4v) is 3.37. The van der Waals surface area contributed by atoms with Crippen molar-refractivity contribution in [1.29, 1.82) is 0 Å². The number of hydrogen-bond acceptors (Lipinski definition) is 4. The number of halogens is 1. The Bertz CT molecular complexity index is 663. The van der Waals surface area contributed by atoms with Crippen LogP contribution in [0.25, 0.3) is 0 Å². The van der Waals surface area contributed by atoms with Crippen LogP contribution in [-0.4, -0.2) is 53.8 Å². The standard InChI is InChI=1S/C18H22FNO5/c1-12-10-14(19)2-3-15(12)25-18(17(22)23)5-7-20(8-6-18)16(21)13-4-9-24-11-13/h2-3,10,13H,4-9,11H2,1H3,(H,22,23)/t13-/m1/s1. The molecular weight excluding hydrogens is 329 g/mol. The van der Waals surface area contributed by atoms with Crippen molar-refractivity contribution in [3.8, 4) is 5.75 Å². The molecule has 6 nitrogen and oxygen atoms in total. The molecule has 0 saturated carbocycles. The van der Waals surface area contributed by atoms with Crippen molar-refractivity contribution in [2.75, 3.05) is 26.3 Å². The van der Waals surface area contributed by atoms with Crippen LogP contribution in [0.3, 0.4) is 0 Å². The lowest BCUT2D eigenvalue weighted by Crippen LogP contribution is -2.55. The van der Waals surface area contributed by atoms with E-state index < -0.39 is 17.4 Å². The molecule has 25 heavy (non-hydrogen) atoms. The summed E-state index contributed by atoms with van der Waals surface area (Å²) >= 11 is 0. The molecule has 0 aromatic heterocycles. The van der Waals surface area contributed by atoms with E-state index in [1.54, 1.807) is 11.8 Å². The lowest BCUT2D eigenvalue weighted by Gasteiger charge is -2.39. The molecular formula is C18H22FNO5. The van der Waals surface area contributed by atoms with Gasteiger partial charge in [0.25, 0.3) is 0 Å². The molecule has 0 bridgehead atoms. The number of carboxylic acid groups (broad SMARTS) is 1. The largest absolute Gasteiger partial charge is 0.478 e. The minimum Gasteiger partial charge on any atom is -0.478 e. The Kier molecular flexibility index (Phi) is 4.94. The topological polar surface area (TPSA) is 76.1 Å². The lowest BCUT2D eigenvalue weighted by molar-refractivity contribution is -0.162. The molecule has 2 aliphatic heterocycles. The summed E-state index contributed by atoms with van der Waals surface area (Å²) in [5.74, 6) is -1.21. The number of carbonyl (C=O) groups excluding carboxylic acids is 1. The van der Waals surface area contributed by atoms with Crippen LogP contribution in [0.15, 0.2) is 18.2 Å². The number of carboxylic acids is 1. The molecule has 0 unspecified atom stereocenters. The molecule has 2 saturated heterocycles. The van der Waals surface area contributed by atoms with Crippen LogP contribution in [0.2, 0.25) is 0 Å². The van der Waals surface area contributed by atoms with Crippen molar-refractivity contribution in [1.82, 2.24) is 4.90 Å². The number of amides is 1. The number of nitrogens with zero attached hydrogens (tertiary/aromatic N) is 1. The molecule has 2 fully saturated rings. The van der Waals surface area contributed by atoms with Gasteiger partial charge in [0.15, 0.2) is 0 Å². The van der Waals surface area contributed by atoms with Crippen molar-refractivity contribution < 1.29 is 28.6 Å². The van der Waals surface area contributed by atoms with E-state index in [1.807, 2.05) is 0 Å². The molecule has 1 aromatic rings. The van der Waals surface area contributed by atoms with Gasteiger partial charge in [0.2, 0.25) is 11.5 Å². The number of piperidine rings is 1. The summed E-state index contributed by atoms with van der Waals surface area (Å²) in [5.41, 5.74) is -0.854.